The van der Waals surface area contributed by atoms with Crippen molar-refractivity contribution in [3.63, 3.8) is 0 Å². The first kappa shape index (κ1) is 19.3. The van der Waals surface area contributed by atoms with Crippen LogP contribution in [0.25, 0.3) is 6.08 Å². The molecular weight excluding hydrogens is 314 g/mol. The predicted octanol–water partition coefficient (Wildman–Crippen LogP) is 3.40. The maximum Gasteiger partial charge on any atom is 0.262 e. The van der Waals surface area contributed by atoms with E-state index in [4.69, 9.17) is 5.11 Å². The van der Waals surface area contributed by atoms with Crippen LogP contribution >= 0.6 is 0 Å². The molecule has 136 valence electrons. The number of aryl methyl sites for hydroxylation is 1. The molecule has 1 aromatic rings. The zero-order valence-corrected chi connectivity index (χ0v) is 15.5. The molecule has 5 nitrogen and oxygen atoms in total. The maximum absolute atomic E-state index is 12.3. The number of nitrogens with zero attached hydrogens (tertiary/aromatic N) is 2. The van der Waals surface area contributed by atoms with E-state index in [2.05, 4.69) is 29.8 Å². The summed E-state index contributed by atoms with van der Waals surface area (Å²) in [5.74, 6) is -0.383. The van der Waals surface area contributed by atoms with Crippen molar-refractivity contribution in [1.82, 2.24) is 9.88 Å². The summed E-state index contributed by atoms with van der Waals surface area (Å²) in [6, 6.07) is 4.44. The van der Waals surface area contributed by atoms with Gasteiger partial charge < -0.3 is 15.0 Å². The Bertz CT molecular complexity index is 676. The lowest BCUT2D eigenvalue weighted by Gasteiger charge is -2.26. The van der Waals surface area contributed by atoms with Crippen LogP contribution < -0.4 is 5.32 Å². The average Bonchev–Trinajstić information content (AvgIpc) is 2.87. The summed E-state index contributed by atoms with van der Waals surface area (Å²) in [4.78, 5) is 12.3. The van der Waals surface area contributed by atoms with Gasteiger partial charge in [-0.2, -0.15) is 5.26 Å². The number of aromatic nitrogens is 1. The lowest BCUT2D eigenvalue weighted by Crippen LogP contribution is -2.33. The molecule has 0 aliphatic heterocycles. The van der Waals surface area contributed by atoms with Crippen molar-refractivity contribution in [1.29, 1.82) is 5.26 Å². The van der Waals surface area contributed by atoms with Crippen LogP contribution in [0.4, 0.5) is 0 Å². The zero-order valence-electron chi connectivity index (χ0n) is 15.5. The fourth-order valence-corrected chi connectivity index (χ4v) is 3.72. The number of nitrogens with one attached hydrogen (secondary N) is 1. The monoisotopic (exact) mass is 343 g/mol. The summed E-state index contributed by atoms with van der Waals surface area (Å²) < 4.78 is 2.37. The van der Waals surface area contributed by atoms with E-state index in [-0.39, 0.29) is 24.1 Å². The van der Waals surface area contributed by atoms with E-state index >= 15 is 0 Å². The summed E-state index contributed by atoms with van der Waals surface area (Å²) in [6.45, 7) is 5.98. The minimum absolute atomic E-state index is 0.00951. The van der Waals surface area contributed by atoms with Crippen LogP contribution in [0, 0.1) is 25.2 Å². The lowest BCUT2D eigenvalue weighted by atomic mass is 9.95. The van der Waals surface area contributed by atoms with Gasteiger partial charge in [0, 0.05) is 30.1 Å². The van der Waals surface area contributed by atoms with Crippen molar-refractivity contribution in [2.45, 2.75) is 71.4 Å². The summed E-state index contributed by atoms with van der Waals surface area (Å²) in [7, 11) is 0. The zero-order chi connectivity index (χ0) is 18.4. The molecule has 25 heavy (non-hydrogen) atoms. The van der Waals surface area contributed by atoms with Crippen molar-refractivity contribution < 1.29 is 9.90 Å². The molecule has 5 heteroatoms. The molecule has 0 bridgehead atoms. The highest BCUT2D eigenvalue weighted by atomic mass is 16.3. The molecule has 1 aromatic heterocycles. The van der Waals surface area contributed by atoms with Gasteiger partial charge in [0.2, 0.25) is 0 Å². The molecule has 1 aliphatic rings. The van der Waals surface area contributed by atoms with Gasteiger partial charge in [0.1, 0.15) is 11.6 Å². The molecule has 0 saturated heterocycles. The second kappa shape index (κ2) is 8.87. The minimum atomic E-state index is -0.383. The SMILES string of the molecule is Cc1cc(/C=C(\C#N)C(=O)N[C@H](C)CCO)c(C)n1C1CCCCC1. The van der Waals surface area contributed by atoms with Crippen molar-refractivity contribution in [2.24, 2.45) is 0 Å². The van der Waals surface area contributed by atoms with Crippen molar-refractivity contribution in [3.8, 4) is 6.07 Å². The number of aliphatic hydroxyl groups is 1. The number of aliphatic hydroxyl groups excluding tert-OH is 1. The fraction of sp³-hybridized carbons (Fsp3) is 0.600. The summed E-state index contributed by atoms with van der Waals surface area (Å²) in [5.41, 5.74) is 3.34. The standard InChI is InChI=1S/C20H29N3O2/c1-14(9-10-24)22-20(25)18(13-21)12-17-11-15(2)23(16(17)3)19-7-5-4-6-8-19/h11-12,14,19,24H,4-10H2,1-3H3,(H,22,25)/b18-12+/t14-/m1/s1. The number of hydrogen-bond donors (Lipinski definition) is 2. The second-order valence-electron chi connectivity index (χ2n) is 7.04. The van der Waals surface area contributed by atoms with Gasteiger partial charge in [-0.05, 0) is 57.7 Å². The van der Waals surface area contributed by atoms with Crippen LogP contribution in [0.3, 0.4) is 0 Å². The molecule has 0 spiro atoms. The summed E-state index contributed by atoms with van der Waals surface area (Å²) in [5, 5.41) is 21.1. The molecule has 1 saturated carbocycles. The minimum Gasteiger partial charge on any atom is -0.396 e. The highest BCUT2D eigenvalue weighted by Crippen LogP contribution is 2.32. The Morgan fingerprint density at radius 3 is 2.72 bits per heavy atom. The van der Waals surface area contributed by atoms with Gasteiger partial charge in [-0.1, -0.05) is 19.3 Å². The molecule has 1 aliphatic carbocycles. The van der Waals surface area contributed by atoms with E-state index < -0.39 is 0 Å². The van der Waals surface area contributed by atoms with Crippen molar-refractivity contribution in [3.05, 3.63) is 28.6 Å². The molecular formula is C20H29N3O2. The largest absolute Gasteiger partial charge is 0.396 e. The Labute approximate surface area is 150 Å². The van der Waals surface area contributed by atoms with E-state index in [1.165, 1.54) is 37.8 Å². The molecule has 1 atom stereocenters. The van der Waals surface area contributed by atoms with Crippen molar-refractivity contribution in [2.75, 3.05) is 6.61 Å². The van der Waals surface area contributed by atoms with Gasteiger partial charge in [0.15, 0.2) is 0 Å². The first-order chi connectivity index (χ1) is 12.0. The number of carbonyl (C=O) groups excluding carboxylic acids is 1. The number of hydrogen-bond acceptors (Lipinski definition) is 3. The Kier molecular flexibility index (Phi) is 6.83. The van der Waals surface area contributed by atoms with Crippen LogP contribution in [0.2, 0.25) is 0 Å². The highest BCUT2D eigenvalue weighted by Gasteiger charge is 2.20. The number of amides is 1. The highest BCUT2D eigenvalue weighted by molar-refractivity contribution is 6.01. The van der Waals surface area contributed by atoms with E-state index in [0.29, 0.717) is 12.5 Å². The Morgan fingerprint density at radius 2 is 2.12 bits per heavy atom. The molecule has 2 rings (SSSR count). The van der Waals surface area contributed by atoms with E-state index in [9.17, 15) is 10.1 Å². The van der Waals surface area contributed by atoms with Crippen LogP contribution in [0.1, 0.15) is 68.4 Å². The molecule has 0 radical (unpaired) electrons. The number of rotatable bonds is 6. The Balaban J connectivity index is 2.23. The number of nitriles is 1. The summed E-state index contributed by atoms with van der Waals surface area (Å²) >= 11 is 0. The first-order valence-corrected chi connectivity index (χ1v) is 9.19. The molecule has 2 N–H and O–H groups in total. The molecule has 1 fully saturated rings. The van der Waals surface area contributed by atoms with Crippen LogP contribution in [-0.2, 0) is 4.79 Å². The third kappa shape index (κ3) is 4.73. The third-order valence-electron chi connectivity index (χ3n) is 5.07. The fourth-order valence-electron chi connectivity index (χ4n) is 3.72. The quantitative estimate of drug-likeness (QED) is 0.614. The second-order valence-corrected chi connectivity index (χ2v) is 7.04. The maximum atomic E-state index is 12.3. The van der Waals surface area contributed by atoms with Gasteiger partial charge in [0.25, 0.3) is 5.91 Å². The van der Waals surface area contributed by atoms with Crippen molar-refractivity contribution >= 4 is 12.0 Å². The average molecular weight is 343 g/mol. The molecule has 1 amide bonds. The van der Waals surface area contributed by atoms with Gasteiger partial charge in [-0.25, -0.2) is 0 Å². The normalized spacial score (nSPS) is 17.2. The van der Waals surface area contributed by atoms with Crippen LogP contribution in [0.15, 0.2) is 11.6 Å². The Morgan fingerprint density at radius 1 is 1.44 bits per heavy atom. The number of carbonyl (C=O) groups is 1. The van der Waals surface area contributed by atoms with Gasteiger partial charge in [-0.15, -0.1) is 0 Å². The van der Waals surface area contributed by atoms with Crippen LogP contribution in [-0.4, -0.2) is 28.2 Å². The summed E-state index contributed by atoms with van der Waals surface area (Å²) in [6.07, 6.45) is 8.40. The molecule has 1 heterocycles. The van der Waals surface area contributed by atoms with E-state index in [1.54, 1.807) is 6.08 Å². The topological polar surface area (TPSA) is 78.1 Å². The molecule has 0 aromatic carbocycles. The van der Waals surface area contributed by atoms with Crippen LogP contribution in [0.5, 0.6) is 0 Å². The lowest BCUT2D eigenvalue weighted by molar-refractivity contribution is -0.117. The molecule has 0 unspecified atom stereocenters. The van der Waals surface area contributed by atoms with E-state index in [1.807, 2.05) is 13.0 Å². The predicted molar refractivity (Wildman–Crippen MR) is 98.9 cm³/mol. The first-order valence-electron chi connectivity index (χ1n) is 9.19. The van der Waals surface area contributed by atoms with E-state index in [0.717, 1.165) is 11.3 Å². The van der Waals surface area contributed by atoms with Gasteiger partial charge >= 0.3 is 0 Å². The smallest absolute Gasteiger partial charge is 0.262 e. The van der Waals surface area contributed by atoms with Gasteiger partial charge in [-0.3, -0.25) is 4.79 Å². The third-order valence-corrected chi connectivity index (χ3v) is 5.07. The Hall–Kier alpha value is -2.06. The van der Waals surface area contributed by atoms with Gasteiger partial charge in [0.05, 0.1) is 0 Å².